The van der Waals surface area contributed by atoms with E-state index >= 15 is 0 Å². The molecule has 1 fully saturated rings. The van der Waals surface area contributed by atoms with Crippen LogP contribution in [0.1, 0.15) is 32.6 Å². The van der Waals surface area contributed by atoms with E-state index in [4.69, 9.17) is 5.26 Å². The normalized spacial score (nSPS) is 18.0. The molecule has 0 heterocycles. The Bertz CT molecular complexity index is 203. The summed E-state index contributed by atoms with van der Waals surface area (Å²) in [7, 11) is 0. The third-order valence-electron chi connectivity index (χ3n) is 2.03. The first kappa shape index (κ1) is 9.05. The lowest BCUT2D eigenvalue weighted by Gasteiger charge is -2.08. The minimum absolute atomic E-state index is 0.0101. The molecule has 0 saturated heterocycles. The van der Waals surface area contributed by atoms with Crippen molar-refractivity contribution in [3.63, 3.8) is 0 Å². The summed E-state index contributed by atoms with van der Waals surface area (Å²) in [5.74, 6) is 0.437. The van der Waals surface area contributed by atoms with Gasteiger partial charge in [-0.25, -0.2) is 0 Å². The van der Waals surface area contributed by atoms with E-state index in [-0.39, 0.29) is 11.9 Å². The molecule has 0 bridgehead atoms. The molecular weight excluding hydrogens is 152 g/mol. The van der Waals surface area contributed by atoms with Crippen LogP contribution >= 0.6 is 0 Å². The highest BCUT2D eigenvalue weighted by molar-refractivity contribution is 5.76. The molecule has 0 aromatic heterocycles. The monoisotopic (exact) mass is 166 g/mol. The number of hydrogen-bond donors (Lipinski definition) is 1. The van der Waals surface area contributed by atoms with Gasteiger partial charge in [0.1, 0.15) is 6.04 Å². The van der Waals surface area contributed by atoms with Crippen LogP contribution in [0.5, 0.6) is 0 Å². The van der Waals surface area contributed by atoms with Crippen LogP contribution in [-0.2, 0) is 4.79 Å². The number of rotatable bonds is 4. The molecule has 0 aromatic rings. The fourth-order valence-corrected chi connectivity index (χ4v) is 1.16. The van der Waals surface area contributed by atoms with Gasteiger partial charge in [0, 0.05) is 6.42 Å². The van der Waals surface area contributed by atoms with E-state index in [0.29, 0.717) is 12.3 Å². The molecule has 1 aliphatic rings. The number of amides is 1. The van der Waals surface area contributed by atoms with Crippen molar-refractivity contribution in [3.05, 3.63) is 0 Å². The zero-order chi connectivity index (χ0) is 8.97. The topological polar surface area (TPSA) is 52.9 Å². The summed E-state index contributed by atoms with van der Waals surface area (Å²) in [4.78, 5) is 11.1. The van der Waals surface area contributed by atoms with Gasteiger partial charge in [0.05, 0.1) is 6.07 Å². The van der Waals surface area contributed by atoms with Gasteiger partial charge in [0.25, 0.3) is 0 Å². The second-order valence-corrected chi connectivity index (χ2v) is 3.26. The van der Waals surface area contributed by atoms with Crippen molar-refractivity contribution in [3.8, 4) is 6.07 Å². The van der Waals surface area contributed by atoms with Crippen molar-refractivity contribution in [2.24, 2.45) is 5.92 Å². The molecule has 66 valence electrons. The van der Waals surface area contributed by atoms with Crippen molar-refractivity contribution < 1.29 is 4.79 Å². The van der Waals surface area contributed by atoms with Gasteiger partial charge in [-0.15, -0.1) is 0 Å². The highest BCUT2D eigenvalue weighted by atomic mass is 16.1. The first-order valence-corrected chi connectivity index (χ1v) is 4.47. The Balaban J connectivity index is 2.27. The lowest BCUT2D eigenvalue weighted by molar-refractivity contribution is -0.121. The molecule has 12 heavy (non-hydrogen) atoms. The highest BCUT2D eigenvalue weighted by Gasteiger charge is 2.31. The van der Waals surface area contributed by atoms with Crippen LogP contribution in [0, 0.1) is 17.2 Å². The number of nitriles is 1. The third-order valence-corrected chi connectivity index (χ3v) is 2.03. The van der Waals surface area contributed by atoms with Crippen molar-refractivity contribution in [2.45, 2.75) is 38.6 Å². The van der Waals surface area contributed by atoms with Crippen LogP contribution in [-0.4, -0.2) is 11.9 Å². The Morgan fingerprint density at radius 3 is 2.83 bits per heavy atom. The van der Waals surface area contributed by atoms with Crippen molar-refractivity contribution in [2.75, 3.05) is 0 Å². The highest BCUT2D eigenvalue weighted by Crippen LogP contribution is 2.32. The number of nitrogens with zero attached hydrogens (tertiary/aromatic N) is 1. The lowest BCUT2D eigenvalue weighted by atomic mass is 10.2. The Morgan fingerprint density at radius 1 is 1.75 bits per heavy atom. The number of carbonyl (C=O) groups excluding carboxylic acids is 1. The molecule has 1 saturated carbocycles. The van der Waals surface area contributed by atoms with Crippen LogP contribution in [0.2, 0.25) is 0 Å². The van der Waals surface area contributed by atoms with E-state index in [1.165, 1.54) is 0 Å². The minimum Gasteiger partial charge on any atom is -0.340 e. The average molecular weight is 166 g/mol. The summed E-state index contributed by atoms with van der Waals surface area (Å²) in [6.07, 6.45) is 3.55. The molecule has 0 radical (unpaired) electrons. The van der Waals surface area contributed by atoms with E-state index < -0.39 is 0 Å². The number of nitrogens with one attached hydrogen (secondary N) is 1. The van der Waals surface area contributed by atoms with Crippen molar-refractivity contribution >= 4 is 5.91 Å². The zero-order valence-corrected chi connectivity index (χ0v) is 7.34. The minimum atomic E-state index is -0.232. The Hall–Kier alpha value is -1.04. The summed E-state index contributed by atoms with van der Waals surface area (Å²) >= 11 is 0. The second-order valence-electron chi connectivity index (χ2n) is 3.26. The van der Waals surface area contributed by atoms with E-state index in [0.717, 1.165) is 19.3 Å². The standard InChI is InChI=1S/C9H14N2O/c1-2-3-9(12)11-8(6-10)7-4-5-7/h7-8H,2-5H2,1H3,(H,11,12). The van der Waals surface area contributed by atoms with Crippen LogP contribution in [0.15, 0.2) is 0 Å². The molecule has 0 aromatic carbocycles. The lowest BCUT2D eigenvalue weighted by Crippen LogP contribution is -2.34. The Kier molecular flexibility index (Phi) is 3.09. The summed E-state index contributed by atoms with van der Waals surface area (Å²) in [5.41, 5.74) is 0. The van der Waals surface area contributed by atoms with E-state index in [2.05, 4.69) is 11.4 Å². The van der Waals surface area contributed by atoms with Gasteiger partial charge >= 0.3 is 0 Å². The molecule has 1 aliphatic carbocycles. The predicted molar refractivity (Wildman–Crippen MR) is 45.2 cm³/mol. The van der Waals surface area contributed by atoms with Crippen molar-refractivity contribution in [1.82, 2.24) is 5.32 Å². The second kappa shape index (κ2) is 4.10. The average Bonchev–Trinajstić information content (AvgIpc) is 2.83. The van der Waals surface area contributed by atoms with Gasteiger partial charge in [0.2, 0.25) is 5.91 Å². The molecule has 1 amide bonds. The van der Waals surface area contributed by atoms with Crippen LogP contribution in [0.3, 0.4) is 0 Å². The zero-order valence-electron chi connectivity index (χ0n) is 7.34. The number of carbonyl (C=O) groups is 1. The van der Waals surface area contributed by atoms with Gasteiger partial charge in [-0.05, 0) is 25.2 Å². The van der Waals surface area contributed by atoms with Gasteiger partial charge < -0.3 is 5.32 Å². The van der Waals surface area contributed by atoms with Gasteiger partial charge in [0.15, 0.2) is 0 Å². The molecule has 3 heteroatoms. The molecular formula is C9H14N2O. The van der Waals surface area contributed by atoms with Crippen molar-refractivity contribution in [1.29, 1.82) is 5.26 Å². The summed E-state index contributed by atoms with van der Waals surface area (Å²) in [5, 5.41) is 11.4. The van der Waals surface area contributed by atoms with Gasteiger partial charge in [-0.1, -0.05) is 6.92 Å². The molecule has 3 nitrogen and oxygen atoms in total. The van der Waals surface area contributed by atoms with E-state index in [1.54, 1.807) is 0 Å². The maximum Gasteiger partial charge on any atom is 0.221 e. The predicted octanol–water partition coefficient (Wildman–Crippen LogP) is 1.20. The fraction of sp³-hybridized carbons (Fsp3) is 0.778. The maximum atomic E-state index is 11.1. The fourth-order valence-electron chi connectivity index (χ4n) is 1.16. The summed E-state index contributed by atoms with van der Waals surface area (Å²) < 4.78 is 0. The van der Waals surface area contributed by atoms with Crippen LogP contribution in [0.25, 0.3) is 0 Å². The summed E-state index contributed by atoms with van der Waals surface area (Å²) in [6.45, 7) is 1.96. The molecule has 0 aliphatic heterocycles. The summed E-state index contributed by atoms with van der Waals surface area (Å²) in [6, 6.07) is 1.89. The molecule has 1 rings (SSSR count). The molecule has 0 spiro atoms. The Labute approximate surface area is 72.8 Å². The maximum absolute atomic E-state index is 11.1. The molecule has 1 atom stereocenters. The smallest absolute Gasteiger partial charge is 0.221 e. The Morgan fingerprint density at radius 2 is 2.42 bits per heavy atom. The first-order chi connectivity index (χ1) is 5.77. The largest absolute Gasteiger partial charge is 0.340 e. The van der Waals surface area contributed by atoms with E-state index in [9.17, 15) is 4.79 Å². The van der Waals surface area contributed by atoms with Gasteiger partial charge in [-0.2, -0.15) is 5.26 Å². The quantitative estimate of drug-likeness (QED) is 0.682. The molecule has 1 N–H and O–H groups in total. The van der Waals surface area contributed by atoms with Crippen LogP contribution in [0.4, 0.5) is 0 Å². The first-order valence-electron chi connectivity index (χ1n) is 4.47. The van der Waals surface area contributed by atoms with Gasteiger partial charge in [-0.3, -0.25) is 4.79 Å². The van der Waals surface area contributed by atoms with Crippen LogP contribution < -0.4 is 5.32 Å². The third kappa shape index (κ3) is 2.54. The number of hydrogen-bond acceptors (Lipinski definition) is 2. The van der Waals surface area contributed by atoms with E-state index in [1.807, 2.05) is 6.92 Å². The molecule has 1 unspecified atom stereocenters. The SMILES string of the molecule is CCCC(=O)NC(C#N)C1CC1.